The van der Waals surface area contributed by atoms with Crippen LogP contribution in [0.1, 0.15) is 12.8 Å². The summed E-state index contributed by atoms with van der Waals surface area (Å²) < 4.78 is 43.8. The highest BCUT2D eigenvalue weighted by atomic mass is 28.4. The fourth-order valence-corrected chi connectivity index (χ4v) is 7.69. The maximum absolute atomic E-state index is 10.6. The van der Waals surface area contributed by atoms with Crippen molar-refractivity contribution in [1.82, 2.24) is 20.9 Å². The molecule has 15 nitrogen and oxygen atoms in total. The molecule has 0 aromatic heterocycles. The molecule has 0 fully saturated rings. The summed E-state index contributed by atoms with van der Waals surface area (Å²) in [7, 11) is 4.33. The van der Waals surface area contributed by atoms with Crippen LogP contribution in [-0.4, -0.2) is 179 Å². The highest BCUT2D eigenvalue weighted by molar-refractivity contribution is 6.60. The van der Waals surface area contributed by atoms with Crippen molar-refractivity contribution in [2.24, 2.45) is 5.73 Å². The molecule has 17 heteroatoms. The Bertz CT molecular complexity index is 600. The third kappa shape index (κ3) is 21.3. The van der Waals surface area contributed by atoms with Crippen molar-refractivity contribution in [2.45, 2.75) is 37.1 Å². The molecule has 0 aliphatic rings. The van der Waals surface area contributed by atoms with E-state index in [1.165, 1.54) is 0 Å². The van der Waals surface area contributed by atoms with E-state index in [2.05, 4.69) is 20.9 Å². The zero-order valence-electron chi connectivity index (χ0n) is 27.6. The molecule has 0 amide bonds. The van der Waals surface area contributed by atoms with Gasteiger partial charge in [0.1, 0.15) is 0 Å². The third-order valence-electron chi connectivity index (χ3n) is 6.89. The largest absolute Gasteiger partial charge is 0.500 e. The van der Waals surface area contributed by atoms with E-state index in [4.69, 9.17) is 41.8 Å². The number of nitrogens with one attached hydrogen (secondary N) is 3. The number of nitrogens with two attached hydrogens (primary N) is 1. The van der Waals surface area contributed by atoms with Crippen molar-refractivity contribution in [1.29, 1.82) is 0 Å². The van der Waals surface area contributed by atoms with E-state index in [0.717, 1.165) is 39.1 Å². The lowest BCUT2D eigenvalue weighted by atomic mass is 10.3. The zero-order chi connectivity index (χ0) is 32.2. The normalized spacial score (nSPS) is 14.1. The quantitative estimate of drug-likeness (QED) is 0.0346. The molecular weight excluding hydrogens is 598 g/mol. The molecule has 0 heterocycles. The minimum absolute atomic E-state index is 0.235. The Morgan fingerprint density at radius 1 is 0.628 bits per heavy atom. The van der Waals surface area contributed by atoms with Crippen LogP contribution in [0.15, 0.2) is 0 Å². The lowest BCUT2D eigenvalue weighted by Gasteiger charge is -2.26. The Kier molecular flexibility index (Phi) is 28.0. The van der Waals surface area contributed by atoms with Crippen LogP contribution in [0.3, 0.4) is 0 Å². The second-order valence-corrected chi connectivity index (χ2v) is 16.2. The fourth-order valence-electron chi connectivity index (χ4n) is 4.31. The Hall–Kier alpha value is -0.166. The summed E-state index contributed by atoms with van der Waals surface area (Å²) >= 11 is 0. The fraction of sp³-hybridized carbons (Fsp3) is 1.00. The van der Waals surface area contributed by atoms with Crippen LogP contribution in [0.2, 0.25) is 12.1 Å². The molecule has 0 saturated carbocycles. The number of nitrogens with zero attached hydrogens (tertiary/aromatic N) is 1. The summed E-state index contributed by atoms with van der Waals surface area (Å²) in [5.41, 5.74) is 5.51. The Balaban J connectivity index is 4.40. The predicted octanol–water partition coefficient (Wildman–Crippen LogP) is -1.69. The van der Waals surface area contributed by atoms with E-state index in [1.807, 2.05) is 0 Å². The summed E-state index contributed by atoms with van der Waals surface area (Å²) in [6, 6.07) is 1.29. The second-order valence-electron chi connectivity index (χ2n) is 10.0. The van der Waals surface area contributed by atoms with Gasteiger partial charge in [0, 0.05) is 133 Å². The summed E-state index contributed by atoms with van der Waals surface area (Å²) in [5, 5.41) is 30.9. The van der Waals surface area contributed by atoms with Gasteiger partial charge in [-0.2, -0.15) is 0 Å². The van der Waals surface area contributed by atoms with Gasteiger partial charge in [-0.1, -0.05) is 0 Å². The van der Waals surface area contributed by atoms with Gasteiger partial charge in [-0.25, -0.2) is 0 Å². The van der Waals surface area contributed by atoms with Gasteiger partial charge in [0.05, 0.1) is 25.4 Å². The maximum Gasteiger partial charge on any atom is 0.500 e. The molecule has 0 rings (SSSR count). The number of aliphatic hydroxyl groups excluding tert-OH is 2. The van der Waals surface area contributed by atoms with Crippen LogP contribution in [0.25, 0.3) is 0 Å². The topological polar surface area (TPSA) is 180 Å². The average molecular weight is 662 g/mol. The maximum atomic E-state index is 10.6. The monoisotopic (exact) mass is 661 g/mol. The van der Waals surface area contributed by atoms with Crippen molar-refractivity contribution in [2.75, 3.05) is 135 Å². The molecule has 2 unspecified atom stereocenters. The van der Waals surface area contributed by atoms with E-state index in [0.29, 0.717) is 64.4 Å². The average Bonchev–Trinajstić information content (AvgIpc) is 3.02. The Morgan fingerprint density at radius 2 is 1.07 bits per heavy atom. The SMILES string of the molecule is CO[Si](CCCOCC(O)CNCCN(CCNCCNCCN)CC(O)COCCC[Si](OC)(OC)OC)(OC)OC. The van der Waals surface area contributed by atoms with Gasteiger partial charge in [-0.05, 0) is 12.8 Å². The van der Waals surface area contributed by atoms with E-state index >= 15 is 0 Å². The first-order valence-corrected chi connectivity index (χ1v) is 19.0. The lowest BCUT2D eigenvalue weighted by molar-refractivity contribution is 0.0152. The van der Waals surface area contributed by atoms with Crippen LogP contribution < -0.4 is 21.7 Å². The lowest BCUT2D eigenvalue weighted by Crippen LogP contribution is -2.44. The summed E-state index contributed by atoms with van der Waals surface area (Å²) in [6.07, 6.45) is 0.179. The molecular formula is C26H63N5O10Si2. The minimum atomic E-state index is -2.61. The highest BCUT2D eigenvalue weighted by Crippen LogP contribution is 2.15. The summed E-state index contributed by atoms with van der Waals surface area (Å²) in [5.74, 6) is 0. The predicted molar refractivity (Wildman–Crippen MR) is 170 cm³/mol. The molecule has 260 valence electrons. The van der Waals surface area contributed by atoms with Crippen molar-refractivity contribution in [3.8, 4) is 0 Å². The standard InChI is InChI=1S/C26H63N5O10Si2/c1-34-42(35-2,36-3)19-7-17-40-23-25(32)21-30-14-16-31(15-13-29-12-11-28-10-9-27)22-26(33)24-41-18-8-20-43(37-4,38-5)39-6/h25-26,28-30,32-33H,7-24,27H2,1-6H3. The van der Waals surface area contributed by atoms with Gasteiger partial charge in [0.25, 0.3) is 0 Å². The molecule has 0 spiro atoms. The number of hydrogen-bond donors (Lipinski definition) is 6. The summed E-state index contributed by atoms with van der Waals surface area (Å²) in [4.78, 5) is 2.18. The van der Waals surface area contributed by atoms with Gasteiger partial charge in [-0.15, -0.1) is 0 Å². The Morgan fingerprint density at radius 3 is 1.53 bits per heavy atom. The molecule has 7 N–H and O–H groups in total. The van der Waals surface area contributed by atoms with Gasteiger partial charge in [0.2, 0.25) is 0 Å². The van der Waals surface area contributed by atoms with Gasteiger partial charge in [-0.3, -0.25) is 4.90 Å². The Labute approximate surface area is 262 Å². The third-order valence-corrected chi connectivity index (χ3v) is 12.6. The van der Waals surface area contributed by atoms with E-state index < -0.39 is 29.8 Å². The van der Waals surface area contributed by atoms with Crippen LogP contribution in [-0.2, 0) is 36.0 Å². The first-order chi connectivity index (χ1) is 20.8. The number of aliphatic hydroxyl groups is 2. The van der Waals surface area contributed by atoms with Crippen molar-refractivity contribution >= 4 is 17.6 Å². The first kappa shape index (κ1) is 42.8. The van der Waals surface area contributed by atoms with E-state index in [-0.39, 0.29) is 13.2 Å². The van der Waals surface area contributed by atoms with Crippen LogP contribution in [0.4, 0.5) is 0 Å². The molecule has 0 aliphatic carbocycles. The highest BCUT2D eigenvalue weighted by Gasteiger charge is 2.37. The van der Waals surface area contributed by atoms with E-state index in [9.17, 15) is 10.2 Å². The second kappa shape index (κ2) is 28.1. The summed E-state index contributed by atoms with van der Waals surface area (Å²) in [6.45, 7) is 8.34. The zero-order valence-corrected chi connectivity index (χ0v) is 29.6. The number of rotatable bonds is 33. The molecule has 0 aromatic carbocycles. The molecule has 0 bridgehead atoms. The van der Waals surface area contributed by atoms with Crippen molar-refractivity contribution in [3.63, 3.8) is 0 Å². The molecule has 0 aliphatic heterocycles. The van der Waals surface area contributed by atoms with Crippen LogP contribution in [0.5, 0.6) is 0 Å². The molecule has 0 saturated heterocycles. The smallest absolute Gasteiger partial charge is 0.389 e. The van der Waals surface area contributed by atoms with Crippen molar-refractivity contribution in [3.05, 3.63) is 0 Å². The molecule has 43 heavy (non-hydrogen) atoms. The number of hydrogen-bond acceptors (Lipinski definition) is 15. The first-order valence-electron chi connectivity index (χ1n) is 15.2. The van der Waals surface area contributed by atoms with Crippen LogP contribution in [0, 0.1) is 0 Å². The van der Waals surface area contributed by atoms with Gasteiger partial charge < -0.3 is 67.9 Å². The molecule has 0 aromatic rings. The van der Waals surface area contributed by atoms with Gasteiger partial charge >= 0.3 is 17.6 Å². The van der Waals surface area contributed by atoms with Gasteiger partial charge in [0.15, 0.2) is 0 Å². The molecule has 0 radical (unpaired) electrons. The van der Waals surface area contributed by atoms with E-state index in [1.54, 1.807) is 42.7 Å². The number of ether oxygens (including phenoxy) is 2. The molecule has 2 atom stereocenters. The van der Waals surface area contributed by atoms with Crippen LogP contribution >= 0.6 is 0 Å². The minimum Gasteiger partial charge on any atom is -0.389 e. The van der Waals surface area contributed by atoms with Crippen molar-refractivity contribution < 1.29 is 46.2 Å².